The van der Waals surface area contributed by atoms with Gasteiger partial charge in [0.25, 0.3) is 5.91 Å². The number of anilines is 1. The van der Waals surface area contributed by atoms with Crippen LogP contribution in [0.2, 0.25) is 0 Å². The number of allylic oxidation sites excluding steroid dienone is 3. The van der Waals surface area contributed by atoms with Gasteiger partial charge in [0.2, 0.25) is 17.7 Å². The summed E-state index contributed by atoms with van der Waals surface area (Å²) in [6.45, 7) is 13.0. The van der Waals surface area contributed by atoms with Crippen molar-refractivity contribution in [2.45, 2.75) is 57.3 Å². The molecule has 1 aliphatic heterocycles. The summed E-state index contributed by atoms with van der Waals surface area (Å²) in [6.07, 6.45) is 7.46. The first-order valence-corrected chi connectivity index (χ1v) is 24.6. The zero-order chi connectivity index (χ0) is 48.7. The summed E-state index contributed by atoms with van der Waals surface area (Å²) in [6, 6.07) is 19.2. The molecule has 0 saturated heterocycles. The molecule has 0 saturated carbocycles. The number of nitrogens with zero attached hydrogens (tertiary/aromatic N) is 3. The number of imide groups is 1. The number of carbonyl (C=O) groups is 4. The number of carbonyl (C=O) groups excluding carboxylic acids is 3. The summed E-state index contributed by atoms with van der Waals surface area (Å²) < 4.78 is 42.2. The van der Waals surface area contributed by atoms with Crippen molar-refractivity contribution in [1.82, 2.24) is 25.5 Å². The lowest BCUT2D eigenvalue weighted by molar-refractivity contribution is -0.138. The molecule has 0 aliphatic carbocycles. The zero-order valence-electron chi connectivity index (χ0n) is 37.6. The van der Waals surface area contributed by atoms with Crippen LogP contribution >= 0.6 is 33.5 Å². The van der Waals surface area contributed by atoms with Gasteiger partial charge in [-0.1, -0.05) is 77.2 Å². The number of hydrogen-bond acceptors (Lipinski definition) is 13. The number of ether oxygens (including phenoxy) is 2. The number of rotatable bonds is 22. The predicted octanol–water partition coefficient (Wildman–Crippen LogP) is 7.79. The van der Waals surface area contributed by atoms with E-state index in [1.165, 1.54) is 47.8 Å². The molecule has 3 aromatic carbocycles. The summed E-state index contributed by atoms with van der Waals surface area (Å²) in [7, 11) is 4.33. The van der Waals surface area contributed by atoms with Gasteiger partial charge < -0.3 is 29.5 Å². The number of hydrogen-bond donors (Lipinski definition) is 4. The standard InChI is InChI=1S/C50H50F2N6O7S3/c1-6-8-39(41-21-33(13-11-30(41)2)36-22-44(49(64-5)54-25-36)57-68-46-17-15-37(51)23-43(46)52)34-14-16-38(53-24-34)28-65-19-20-66-67-29-45(50(62)63)55-31(3)12-18-47(60)56-48(61)40-10-7-9-35-26-58(32(4)59)27-42(35)40/h6-11,13-17,21-25,45,55,57H,2-3,12,18-20,26-29H2,1,4-5H3,(H,62,63)(H,56,60,61)/b8-6?,41-39+. The maximum absolute atomic E-state index is 14.3. The fourth-order valence-electron chi connectivity index (χ4n) is 7.01. The number of nitrogens with one attached hydrogen (secondary N) is 3. The first kappa shape index (κ1) is 50.9. The van der Waals surface area contributed by atoms with Crippen LogP contribution in [0.4, 0.5) is 14.5 Å². The van der Waals surface area contributed by atoms with Crippen molar-refractivity contribution in [3.63, 3.8) is 0 Å². The Balaban J connectivity index is 0.955. The molecule has 0 spiro atoms. The lowest BCUT2D eigenvalue weighted by atomic mass is 9.99. The predicted molar refractivity (Wildman–Crippen MR) is 265 cm³/mol. The number of amides is 3. The van der Waals surface area contributed by atoms with Crippen LogP contribution in [0.25, 0.3) is 23.3 Å². The van der Waals surface area contributed by atoms with Gasteiger partial charge in [-0.2, -0.15) is 0 Å². The van der Waals surface area contributed by atoms with Crippen molar-refractivity contribution in [3.8, 4) is 17.0 Å². The molecule has 13 nitrogen and oxygen atoms in total. The van der Waals surface area contributed by atoms with Gasteiger partial charge >= 0.3 is 5.97 Å². The van der Waals surface area contributed by atoms with Crippen molar-refractivity contribution >= 4 is 75.1 Å². The Morgan fingerprint density at radius 3 is 2.51 bits per heavy atom. The molecule has 1 unspecified atom stereocenters. The number of carboxylic acids is 1. The third-order valence-corrected chi connectivity index (χ3v) is 13.8. The number of methoxy groups -OCH3 is 1. The van der Waals surface area contributed by atoms with Crippen LogP contribution in [0.3, 0.4) is 0 Å². The van der Waals surface area contributed by atoms with Crippen LogP contribution in [0.15, 0.2) is 115 Å². The second-order valence-corrected chi connectivity index (χ2v) is 18.9. The highest BCUT2D eigenvalue weighted by atomic mass is 33.1. The molecule has 0 fully saturated rings. The van der Waals surface area contributed by atoms with Gasteiger partial charge in [-0.15, -0.1) is 0 Å². The highest BCUT2D eigenvalue weighted by molar-refractivity contribution is 8.76. The van der Waals surface area contributed by atoms with Gasteiger partial charge in [-0.3, -0.25) is 24.7 Å². The molecule has 6 rings (SSSR count). The van der Waals surface area contributed by atoms with Gasteiger partial charge in [0.05, 0.1) is 30.9 Å². The van der Waals surface area contributed by atoms with E-state index >= 15 is 0 Å². The van der Waals surface area contributed by atoms with Crippen molar-refractivity contribution in [3.05, 3.63) is 160 Å². The molecule has 0 bridgehead atoms. The number of fused-ring (bicyclic) bond motifs is 1. The molecule has 5 aromatic rings. The van der Waals surface area contributed by atoms with Crippen LogP contribution in [-0.2, 0) is 38.8 Å². The molecule has 3 amide bonds. The van der Waals surface area contributed by atoms with Gasteiger partial charge in [0.15, 0.2) is 0 Å². The van der Waals surface area contributed by atoms with E-state index in [2.05, 4.69) is 38.5 Å². The fraction of sp³-hybridized carbons (Fsp3) is 0.240. The van der Waals surface area contributed by atoms with Crippen LogP contribution < -0.4 is 30.5 Å². The minimum atomic E-state index is -1.06. The highest BCUT2D eigenvalue weighted by Crippen LogP contribution is 2.33. The largest absolute Gasteiger partial charge is 0.480 e. The topological polar surface area (TPSA) is 172 Å². The number of pyridine rings is 2. The Kier molecular flexibility index (Phi) is 18.4. The third kappa shape index (κ3) is 13.8. The second kappa shape index (κ2) is 24.5. The van der Waals surface area contributed by atoms with Crippen molar-refractivity contribution in [2.75, 3.05) is 29.9 Å². The summed E-state index contributed by atoms with van der Waals surface area (Å²) in [4.78, 5) is 60.3. The molecule has 0 radical (unpaired) electrons. The Hall–Kier alpha value is -6.47. The van der Waals surface area contributed by atoms with E-state index in [0.717, 1.165) is 62.0 Å². The maximum atomic E-state index is 14.3. The molecular weight excluding hydrogens is 931 g/mol. The van der Waals surface area contributed by atoms with Gasteiger partial charge in [0.1, 0.15) is 23.4 Å². The van der Waals surface area contributed by atoms with Crippen molar-refractivity contribution in [2.24, 2.45) is 0 Å². The van der Waals surface area contributed by atoms with E-state index in [9.17, 15) is 33.1 Å². The van der Waals surface area contributed by atoms with Crippen LogP contribution in [0.1, 0.15) is 59.4 Å². The minimum absolute atomic E-state index is 0.0763. The highest BCUT2D eigenvalue weighted by Gasteiger charge is 2.26. The molecule has 1 aliphatic rings. The Bertz CT molecular complexity index is 2830. The van der Waals surface area contributed by atoms with Crippen LogP contribution in [-0.4, -0.2) is 74.9 Å². The molecule has 68 heavy (non-hydrogen) atoms. The van der Waals surface area contributed by atoms with Crippen LogP contribution in [0.5, 0.6) is 5.88 Å². The summed E-state index contributed by atoms with van der Waals surface area (Å²) in [5.74, 6) is -2.47. The smallest absolute Gasteiger partial charge is 0.327 e. The number of benzene rings is 3. The van der Waals surface area contributed by atoms with E-state index in [4.69, 9.17) is 9.47 Å². The van der Waals surface area contributed by atoms with Gasteiger partial charge in [0, 0.05) is 78.8 Å². The second-order valence-electron chi connectivity index (χ2n) is 15.4. The zero-order valence-corrected chi connectivity index (χ0v) is 40.1. The summed E-state index contributed by atoms with van der Waals surface area (Å²) >= 11 is 0.979. The van der Waals surface area contributed by atoms with Gasteiger partial charge in [-0.05, 0) is 94.4 Å². The average Bonchev–Trinajstić information content (AvgIpc) is 3.78. The molecule has 4 N–H and O–H groups in total. The molecular formula is C50H50F2N6O7S3. The van der Waals surface area contributed by atoms with E-state index in [1.807, 2.05) is 61.5 Å². The quantitative estimate of drug-likeness (QED) is 0.0301. The summed E-state index contributed by atoms with van der Waals surface area (Å²) in [5.41, 5.74) is 6.90. The Morgan fingerprint density at radius 2 is 1.79 bits per heavy atom. The molecule has 1 atom stereocenters. The van der Waals surface area contributed by atoms with E-state index < -0.39 is 35.5 Å². The van der Waals surface area contributed by atoms with Gasteiger partial charge in [-0.25, -0.2) is 18.6 Å². The SMILES string of the molecule is C=C(CCC(=O)NC(=O)c1cccc2c1CN(C(C)=O)C2)NC(CSSCCOCc1ccc(/C(C=CC)=c2\cc(-c3cnc(OC)c(NSc4ccc(F)cc4F)c3)ccc2=C)cn1)C(=O)O. The lowest BCUT2D eigenvalue weighted by Crippen LogP contribution is -2.38. The molecule has 354 valence electrons. The van der Waals surface area contributed by atoms with E-state index in [0.29, 0.717) is 53.8 Å². The maximum Gasteiger partial charge on any atom is 0.327 e. The third-order valence-electron chi connectivity index (χ3n) is 10.5. The molecule has 2 aromatic heterocycles. The number of aliphatic carboxylic acids is 1. The monoisotopic (exact) mass is 980 g/mol. The molecule has 18 heteroatoms. The van der Waals surface area contributed by atoms with E-state index in [1.54, 1.807) is 29.4 Å². The van der Waals surface area contributed by atoms with Crippen molar-refractivity contribution < 1.29 is 42.5 Å². The van der Waals surface area contributed by atoms with E-state index in [-0.39, 0.29) is 36.0 Å². The first-order valence-electron chi connectivity index (χ1n) is 21.3. The fourth-order valence-corrected chi connectivity index (χ4v) is 9.69. The average molecular weight is 981 g/mol. The molecule has 3 heterocycles. The Morgan fingerprint density at radius 1 is 0.971 bits per heavy atom. The number of aromatic nitrogens is 2. The number of carboxylic acid groups (broad SMARTS) is 1. The van der Waals surface area contributed by atoms with Crippen LogP contribution in [0, 0.1) is 11.6 Å². The normalized spacial score (nSPS) is 12.9. The van der Waals surface area contributed by atoms with Crippen molar-refractivity contribution in [1.29, 1.82) is 0 Å². The Labute approximate surface area is 405 Å². The lowest BCUT2D eigenvalue weighted by Gasteiger charge is -2.17. The minimum Gasteiger partial charge on any atom is -0.480 e. The first-order chi connectivity index (χ1) is 32.7. The number of halogens is 2. The summed E-state index contributed by atoms with van der Waals surface area (Å²) in [5, 5.41) is 16.8.